The SMILES string of the molecule is CCCN1CC(CC)(CC)NCC1c1ccccc1. The summed E-state index contributed by atoms with van der Waals surface area (Å²) < 4.78 is 0. The molecule has 1 aliphatic rings. The van der Waals surface area contributed by atoms with Crippen molar-refractivity contribution < 1.29 is 0 Å². The lowest BCUT2D eigenvalue weighted by atomic mass is 9.87. The van der Waals surface area contributed by atoms with Gasteiger partial charge in [-0.2, -0.15) is 0 Å². The Hall–Kier alpha value is -0.860. The number of hydrogen-bond acceptors (Lipinski definition) is 2. The van der Waals surface area contributed by atoms with Crippen molar-refractivity contribution >= 4 is 0 Å². The van der Waals surface area contributed by atoms with Crippen LogP contribution in [0.1, 0.15) is 51.6 Å². The second-order valence-electron chi connectivity index (χ2n) is 5.77. The molecule has 0 spiro atoms. The van der Waals surface area contributed by atoms with E-state index in [-0.39, 0.29) is 0 Å². The summed E-state index contributed by atoms with van der Waals surface area (Å²) >= 11 is 0. The van der Waals surface area contributed by atoms with Gasteiger partial charge >= 0.3 is 0 Å². The van der Waals surface area contributed by atoms with Crippen LogP contribution in [0.5, 0.6) is 0 Å². The number of nitrogens with zero attached hydrogens (tertiary/aromatic N) is 1. The minimum atomic E-state index is 0.320. The fraction of sp³-hybridized carbons (Fsp3) is 0.647. The van der Waals surface area contributed by atoms with Gasteiger partial charge in [-0.1, -0.05) is 51.1 Å². The second kappa shape index (κ2) is 6.53. The molecule has 106 valence electrons. The molecule has 1 aliphatic heterocycles. The number of piperazine rings is 1. The first-order valence-electron chi connectivity index (χ1n) is 7.78. The quantitative estimate of drug-likeness (QED) is 0.870. The molecule has 0 aliphatic carbocycles. The molecule has 1 heterocycles. The van der Waals surface area contributed by atoms with E-state index >= 15 is 0 Å². The molecule has 1 saturated heterocycles. The highest BCUT2D eigenvalue weighted by molar-refractivity contribution is 5.21. The van der Waals surface area contributed by atoms with Gasteiger partial charge in [-0.05, 0) is 31.4 Å². The maximum Gasteiger partial charge on any atom is 0.0473 e. The van der Waals surface area contributed by atoms with Crippen LogP contribution < -0.4 is 5.32 Å². The zero-order valence-electron chi connectivity index (χ0n) is 12.7. The van der Waals surface area contributed by atoms with Gasteiger partial charge in [0.1, 0.15) is 0 Å². The molecule has 0 radical (unpaired) electrons. The van der Waals surface area contributed by atoms with Crippen molar-refractivity contribution in [3.05, 3.63) is 35.9 Å². The van der Waals surface area contributed by atoms with Gasteiger partial charge in [0, 0.05) is 24.7 Å². The van der Waals surface area contributed by atoms with Gasteiger partial charge in [-0.25, -0.2) is 0 Å². The number of nitrogens with one attached hydrogen (secondary N) is 1. The second-order valence-corrected chi connectivity index (χ2v) is 5.77. The summed E-state index contributed by atoms with van der Waals surface area (Å²) in [6, 6.07) is 11.5. The summed E-state index contributed by atoms with van der Waals surface area (Å²) in [5.74, 6) is 0. The Morgan fingerprint density at radius 2 is 1.84 bits per heavy atom. The standard InChI is InChI=1S/C17H28N2/c1-4-12-19-14-17(5-2,6-3)18-13-16(19)15-10-8-7-9-11-15/h7-11,16,18H,4-6,12-14H2,1-3H3. The highest BCUT2D eigenvalue weighted by Gasteiger charge is 2.36. The molecule has 2 nitrogen and oxygen atoms in total. The summed E-state index contributed by atoms with van der Waals surface area (Å²) in [7, 11) is 0. The smallest absolute Gasteiger partial charge is 0.0473 e. The number of hydrogen-bond donors (Lipinski definition) is 1. The maximum absolute atomic E-state index is 3.83. The van der Waals surface area contributed by atoms with Crippen molar-refractivity contribution in [2.24, 2.45) is 0 Å². The Morgan fingerprint density at radius 3 is 2.42 bits per heavy atom. The van der Waals surface area contributed by atoms with E-state index in [1.165, 1.54) is 37.9 Å². The van der Waals surface area contributed by atoms with Crippen LogP contribution in [-0.4, -0.2) is 30.1 Å². The number of benzene rings is 1. The Morgan fingerprint density at radius 1 is 1.16 bits per heavy atom. The van der Waals surface area contributed by atoms with Crippen LogP contribution in [0.15, 0.2) is 30.3 Å². The molecule has 1 atom stereocenters. The van der Waals surface area contributed by atoms with Crippen LogP contribution in [0.2, 0.25) is 0 Å². The van der Waals surface area contributed by atoms with Crippen molar-refractivity contribution in [1.29, 1.82) is 0 Å². The molecule has 0 amide bonds. The highest BCUT2D eigenvalue weighted by Crippen LogP contribution is 2.30. The largest absolute Gasteiger partial charge is 0.308 e. The molecule has 0 bridgehead atoms. The topological polar surface area (TPSA) is 15.3 Å². The van der Waals surface area contributed by atoms with Crippen molar-refractivity contribution in [1.82, 2.24) is 10.2 Å². The van der Waals surface area contributed by atoms with Gasteiger partial charge in [-0.3, -0.25) is 4.90 Å². The van der Waals surface area contributed by atoms with E-state index in [1.54, 1.807) is 0 Å². The minimum Gasteiger partial charge on any atom is -0.308 e. The Kier molecular flexibility index (Phi) is 5.00. The maximum atomic E-state index is 3.83. The van der Waals surface area contributed by atoms with Gasteiger partial charge in [0.15, 0.2) is 0 Å². The Bertz CT molecular complexity index is 370. The van der Waals surface area contributed by atoms with Crippen molar-refractivity contribution in [2.75, 3.05) is 19.6 Å². The summed E-state index contributed by atoms with van der Waals surface area (Å²) in [6.45, 7) is 10.3. The average Bonchev–Trinajstić information content (AvgIpc) is 2.48. The lowest BCUT2D eigenvalue weighted by molar-refractivity contribution is 0.0723. The molecule has 0 aromatic heterocycles. The van der Waals surface area contributed by atoms with Crippen LogP contribution in [0, 0.1) is 0 Å². The summed E-state index contributed by atoms with van der Waals surface area (Å²) in [5, 5.41) is 3.83. The third-order valence-electron chi connectivity index (χ3n) is 4.67. The molecule has 1 N–H and O–H groups in total. The van der Waals surface area contributed by atoms with Crippen LogP contribution in [0.4, 0.5) is 0 Å². The highest BCUT2D eigenvalue weighted by atomic mass is 15.3. The van der Waals surface area contributed by atoms with Gasteiger partial charge in [0.2, 0.25) is 0 Å². The molecule has 2 rings (SSSR count). The van der Waals surface area contributed by atoms with Crippen molar-refractivity contribution in [3.8, 4) is 0 Å². The summed E-state index contributed by atoms with van der Waals surface area (Å²) in [6.07, 6.45) is 3.66. The fourth-order valence-electron chi connectivity index (χ4n) is 3.25. The number of rotatable bonds is 5. The zero-order chi connectivity index (χ0) is 13.7. The van der Waals surface area contributed by atoms with Gasteiger partial charge in [0.05, 0.1) is 0 Å². The molecule has 1 aromatic rings. The first-order chi connectivity index (χ1) is 9.24. The molecular weight excluding hydrogens is 232 g/mol. The van der Waals surface area contributed by atoms with Crippen LogP contribution in [-0.2, 0) is 0 Å². The third kappa shape index (κ3) is 3.18. The van der Waals surface area contributed by atoms with E-state index in [9.17, 15) is 0 Å². The van der Waals surface area contributed by atoms with Crippen molar-refractivity contribution in [3.63, 3.8) is 0 Å². The van der Waals surface area contributed by atoms with E-state index in [2.05, 4.69) is 61.3 Å². The van der Waals surface area contributed by atoms with E-state index in [4.69, 9.17) is 0 Å². The first-order valence-corrected chi connectivity index (χ1v) is 7.78. The van der Waals surface area contributed by atoms with E-state index in [0.717, 1.165) is 6.54 Å². The molecule has 2 heteroatoms. The first kappa shape index (κ1) is 14.5. The van der Waals surface area contributed by atoms with E-state index in [0.29, 0.717) is 11.6 Å². The average molecular weight is 260 g/mol. The normalized spacial score (nSPS) is 23.4. The van der Waals surface area contributed by atoms with E-state index < -0.39 is 0 Å². The Labute approximate surface area is 118 Å². The molecule has 1 unspecified atom stereocenters. The lowest BCUT2D eigenvalue weighted by Crippen LogP contribution is -2.60. The van der Waals surface area contributed by atoms with Gasteiger partial charge in [-0.15, -0.1) is 0 Å². The van der Waals surface area contributed by atoms with Gasteiger partial charge in [0.25, 0.3) is 0 Å². The lowest BCUT2D eigenvalue weighted by Gasteiger charge is -2.47. The third-order valence-corrected chi connectivity index (χ3v) is 4.67. The molecule has 1 aromatic carbocycles. The van der Waals surface area contributed by atoms with Crippen LogP contribution >= 0.6 is 0 Å². The predicted octanol–water partition coefficient (Wildman–Crippen LogP) is 3.60. The van der Waals surface area contributed by atoms with E-state index in [1.807, 2.05) is 0 Å². The van der Waals surface area contributed by atoms with Crippen LogP contribution in [0.3, 0.4) is 0 Å². The van der Waals surface area contributed by atoms with Crippen LogP contribution in [0.25, 0.3) is 0 Å². The summed E-state index contributed by atoms with van der Waals surface area (Å²) in [4.78, 5) is 2.68. The molecule has 0 saturated carbocycles. The molecule has 1 fully saturated rings. The van der Waals surface area contributed by atoms with Crippen molar-refractivity contribution in [2.45, 2.75) is 51.6 Å². The predicted molar refractivity (Wildman–Crippen MR) is 82.4 cm³/mol. The molecular formula is C17H28N2. The monoisotopic (exact) mass is 260 g/mol. The van der Waals surface area contributed by atoms with Gasteiger partial charge < -0.3 is 5.32 Å². The molecule has 19 heavy (non-hydrogen) atoms. The minimum absolute atomic E-state index is 0.320. The Balaban J connectivity index is 2.17. The zero-order valence-corrected chi connectivity index (χ0v) is 12.7. The fourth-order valence-corrected chi connectivity index (χ4v) is 3.25. The summed E-state index contributed by atoms with van der Waals surface area (Å²) in [5.41, 5.74) is 1.77.